The minimum Gasteiger partial charge on any atom is -0.508 e. The Kier molecular flexibility index (Phi) is 8.90. The quantitative estimate of drug-likeness (QED) is 0.158. The van der Waals surface area contributed by atoms with Crippen molar-refractivity contribution < 1.29 is 36.5 Å². The molecule has 4 aliphatic rings. The number of pyridine rings is 1. The fourth-order valence-electron chi connectivity index (χ4n) is 8.10. The van der Waals surface area contributed by atoms with Crippen LogP contribution in [0.3, 0.4) is 0 Å². The molecule has 276 valence electrons. The smallest absolute Gasteiger partial charge is 0.508 e. The largest absolute Gasteiger partial charge is 0.574 e. The number of phenols is 1. The van der Waals surface area contributed by atoms with Crippen LogP contribution in [-0.2, 0) is 0 Å². The average molecular weight is 734 g/mol. The summed E-state index contributed by atoms with van der Waals surface area (Å²) in [6.45, 7) is 4.13. The number of terminal acetylenes is 1. The Hall–Kier alpha value is -4.99. The lowest BCUT2D eigenvalue weighted by atomic mass is 9.95. The molecule has 10 nitrogen and oxygen atoms in total. The lowest BCUT2D eigenvalue weighted by Gasteiger charge is -2.32. The molecule has 1 saturated carbocycles. The van der Waals surface area contributed by atoms with E-state index in [0.29, 0.717) is 19.0 Å². The number of hydrogen-bond acceptors (Lipinski definition) is 10. The highest BCUT2D eigenvalue weighted by molar-refractivity contribution is 6.04. The molecule has 2 atom stereocenters. The maximum Gasteiger partial charge on any atom is 0.574 e. The highest BCUT2D eigenvalue weighted by Gasteiger charge is 2.46. The van der Waals surface area contributed by atoms with Gasteiger partial charge in [-0.15, -0.1) is 19.6 Å². The number of benzene rings is 2. The summed E-state index contributed by atoms with van der Waals surface area (Å²) in [5.74, 6) is -0.753. The third-order valence-electron chi connectivity index (χ3n) is 11.0. The van der Waals surface area contributed by atoms with E-state index in [1.54, 1.807) is 4.90 Å². The number of nitriles is 1. The monoisotopic (exact) mass is 733 g/mol. The lowest BCUT2D eigenvalue weighted by Crippen LogP contribution is -2.39. The first-order valence-corrected chi connectivity index (χ1v) is 17.7. The number of hydrogen-bond donors (Lipinski definition) is 2. The summed E-state index contributed by atoms with van der Waals surface area (Å²) >= 11 is 0. The summed E-state index contributed by atoms with van der Waals surface area (Å²) in [4.78, 5) is 17.2. The van der Waals surface area contributed by atoms with Gasteiger partial charge in [-0.1, -0.05) is 12.0 Å². The third-order valence-corrected chi connectivity index (χ3v) is 11.0. The Morgan fingerprint density at radius 2 is 1.85 bits per heavy atom. The molecule has 0 amide bonds. The maximum absolute atomic E-state index is 17.1. The van der Waals surface area contributed by atoms with Gasteiger partial charge in [0.1, 0.15) is 34.0 Å². The number of fused-ring (bicyclic) bond motifs is 4. The fraction of sp³-hybridized carbons (Fsp3) is 0.474. The van der Waals surface area contributed by atoms with Crippen LogP contribution < -0.4 is 19.7 Å². The van der Waals surface area contributed by atoms with Gasteiger partial charge in [-0.2, -0.15) is 15.2 Å². The number of nitrogens with zero attached hydrogens (tertiary/aromatic N) is 6. The van der Waals surface area contributed by atoms with Gasteiger partial charge in [0.15, 0.2) is 5.82 Å². The van der Waals surface area contributed by atoms with Crippen molar-refractivity contribution in [1.82, 2.24) is 25.2 Å². The van der Waals surface area contributed by atoms with Crippen molar-refractivity contribution in [2.24, 2.45) is 17.3 Å². The van der Waals surface area contributed by atoms with Crippen molar-refractivity contribution in [1.29, 1.82) is 5.26 Å². The molecule has 8 rings (SSSR count). The van der Waals surface area contributed by atoms with Crippen LogP contribution >= 0.6 is 0 Å². The Morgan fingerprint density at radius 1 is 1.06 bits per heavy atom. The van der Waals surface area contributed by atoms with Gasteiger partial charge in [-0.25, -0.2) is 13.8 Å². The average Bonchev–Trinajstić information content (AvgIpc) is 3.80. The topological polar surface area (TPSA) is 120 Å². The lowest BCUT2D eigenvalue weighted by molar-refractivity contribution is -0.275. The maximum atomic E-state index is 17.1. The zero-order chi connectivity index (χ0) is 37.1. The number of aromatic nitrogens is 3. The minimum atomic E-state index is -5.25. The molecular weight excluding hydrogens is 697 g/mol. The summed E-state index contributed by atoms with van der Waals surface area (Å²) < 4.78 is 85.3. The second-order valence-corrected chi connectivity index (χ2v) is 14.7. The van der Waals surface area contributed by atoms with E-state index in [4.69, 9.17) is 11.2 Å². The van der Waals surface area contributed by atoms with Crippen LogP contribution in [0.5, 0.6) is 17.6 Å². The molecule has 2 aromatic carbocycles. The number of aromatic hydroxyl groups is 1. The molecule has 2 aromatic heterocycles. The number of alkyl halides is 3. The number of halogens is 5. The number of likely N-dealkylation sites (tertiary alicyclic amines) is 1. The minimum absolute atomic E-state index is 0.0175. The number of ether oxygens (including phenoxy) is 2. The molecule has 15 heteroatoms. The van der Waals surface area contributed by atoms with Gasteiger partial charge >= 0.3 is 12.4 Å². The molecule has 2 unspecified atom stereocenters. The summed E-state index contributed by atoms with van der Waals surface area (Å²) in [6.07, 6.45) is 5.31. The van der Waals surface area contributed by atoms with Crippen LogP contribution in [0.4, 0.5) is 27.8 Å². The fourth-order valence-corrected chi connectivity index (χ4v) is 8.10. The number of nitrogens with one attached hydrogen (secondary N) is 1. The van der Waals surface area contributed by atoms with E-state index in [1.807, 2.05) is 0 Å². The highest BCUT2D eigenvalue weighted by Crippen LogP contribution is 2.48. The van der Waals surface area contributed by atoms with E-state index in [-0.39, 0.29) is 63.5 Å². The number of anilines is 1. The molecule has 2 N–H and O–H groups in total. The van der Waals surface area contributed by atoms with Gasteiger partial charge in [-0.05, 0) is 87.7 Å². The number of phenolic OH excluding ortho intramolecular Hbond substituents is 1. The molecule has 1 aliphatic carbocycles. The van der Waals surface area contributed by atoms with E-state index in [1.165, 1.54) is 12.1 Å². The summed E-state index contributed by atoms with van der Waals surface area (Å²) in [7, 11) is 0. The zero-order valence-electron chi connectivity index (χ0n) is 28.6. The van der Waals surface area contributed by atoms with Crippen LogP contribution in [-0.4, -0.2) is 83.2 Å². The van der Waals surface area contributed by atoms with Gasteiger partial charge in [0.2, 0.25) is 5.88 Å². The molecule has 3 saturated heterocycles. The first kappa shape index (κ1) is 35.1. The Morgan fingerprint density at radius 3 is 2.57 bits per heavy atom. The van der Waals surface area contributed by atoms with Crippen molar-refractivity contribution in [2.45, 2.75) is 50.9 Å². The summed E-state index contributed by atoms with van der Waals surface area (Å²) in [5.41, 5.74) is -1.99. The second kappa shape index (κ2) is 13.5. The van der Waals surface area contributed by atoms with Gasteiger partial charge in [-0.3, -0.25) is 0 Å². The Labute approximate surface area is 301 Å². The van der Waals surface area contributed by atoms with E-state index in [9.17, 15) is 27.9 Å². The normalized spacial score (nSPS) is 21.7. The highest BCUT2D eigenvalue weighted by atomic mass is 19.4. The Bertz CT molecular complexity index is 2170. The van der Waals surface area contributed by atoms with Crippen molar-refractivity contribution in [3.63, 3.8) is 0 Å². The molecule has 5 heterocycles. The van der Waals surface area contributed by atoms with Crippen LogP contribution in [0.1, 0.15) is 44.1 Å². The van der Waals surface area contributed by atoms with E-state index in [2.05, 4.69) is 41.9 Å². The predicted molar refractivity (Wildman–Crippen MR) is 185 cm³/mol. The number of rotatable bonds is 8. The predicted octanol–water partition coefficient (Wildman–Crippen LogP) is 6.29. The van der Waals surface area contributed by atoms with Crippen LogP contribution in [0.15, 0.2) is 24.3 Å². The first-order valence-electron chi connectivity index (χ1n) is 17.7. The molecule has 2 bridgehead atoms. The van der Waals surface area contributed by atoms with Gasteiger partial charge in [0, 0.05) is 48.0 Å². The van der Waals surface area contributed by atoms with Gasteiger partial charge in [0.05, 0.1) is 18.2 Å². The standard InChI is InChI=1S/C38H36F5N7O3/c1-2-26-28(39)4-3-23-14-25(51)15-27(29(23)26)32-31(40)33-30(35(46-32)53-38(41,42)43)34(50-12-7-22-13-24(18-50)45-17-22)48-36(47-33)52-20-37(8-9-37)19-49-10-5-21(16-44)6-11-49/h1,3-4,14-15,21-22,24,45,51H,5-13,17-20H2. The van der Waals surface area contributed by atoms with Crippen molar-refractivity contribution in [3.05, 3.63) is 41.5 Å². The molecule has 0 spiro atoms. The molecule has 3 aliphatic heterocycles. The first-order chi connectivity index (χ1) is 25.4. The summed E-state index contributed by atoms with van der Waals surface area (Å²) in [6, 6.07) is 6.87. The molecular formula is C38H36F5N7O3. The van der Waals surface area contributed by atoms with Crippen LogP contribution in [0.25, 0.3) is 32.9 Å². The van der Waals surface area contributed by atoms with Crippen molar-refractivity contribution in [3.8, 4) is 47.3 Å². The van der Waals surface area contributed by atoms with E-state index < -0.39 is 40.5 Å². The molecule has 0 radical (unpaired) electrons. The zero-order valence-corrected chi connectivity index (χ0v) is 28.6. The van der Waals surface area contributed by atoms with Crippen molar-refractivity contribution in [2.75, 3.05) is 50.8 Å². The number of piperidine rings is 1. The van der Waals surface area contributed by atoms with Crippen molar-refractivity contribution >= 4 is 27.5 Å². The Balaban J connectivity index is 1.27. The SMILES string of the molecule is C#Cc1c(F)ccc2cc(O)cc(-c3nc(OC(F)(F)F)c4c(N5CCC6CNC(C6)C5)nc(OCC5(CN6CCC(C#N)CC6)CC5)nc4c3F)c12. The van der Waals surface area contributed by atoms with Gasteiger partial charge in [0.25, 0.3) is 0 Å². The van der Waals surface area contributed by atoms with Crippen LogP contribution in [0.2, 0.25) is 0 Å². The van der Waals surface area contributed by atoms with E-state index in [0.717, 1.165) is 76.8 Å². The van der Waals surface area contributed by atoms with E-state index >= 15 is 4.39 Å². The second-order valence-electron chi connectivity index (χ2n) is 14.7. The molecule has 4 aromatic rings. The third kappa shape index (κ3) is 6.96. The molecule has 4 fully saturated rings. The van der Waals surface area contributed by atoms with Crippen LogP contribution in [0, 0.1) is 52.6 Å². The molecule has 53 heavy (non-hydrogen) atoms. The van der Waals surface area contributed by atoms with Gasteiger partial charge < -0.3 is 29.7 Å². The summed E-state index contributed by atoms with van der Waals surface area (Å²) in [5, 5.41) is 23.1.